The lowest BCUT2D eigenvalue weighted by Crippen LogP contribution is -2.29. The zero-order valence-corrected chi connectivity index (χ0v) is 10.4. The van der Waals surface area contributed by atoms with Gasteiger partial charge in [-0.1, -0.05) is 15.9 Å². The van der Waals surface area contributed by atoms with Crippen LogP contribution in [0.4, 0.5) is 5.69 Å². The van der Waals surface area contributed by atoms with Crippen LogP contribution in [0.15, 0.2) is 22.7 Å². The van der Waals surface area contributed by atoms with Crippen molar-refractivity contribution in [3.05, 3.63) is 28.2 Å². The fourth-order valence-electron chi connectivity index (χ4n) is 1.07. The summed E-state index contributed by atoms with van der Waals surface area (Å²) in [6.07, 6.45) is 0. The summed E-state index contributed by atoms with van der Waals surface area (Å²) in [5.41, 5.74) is 1.54. The lowest BCUT2D eigenvalue weighted by molar-refractivity contribution is 0.0945. The summed E-state index contributed by atoms with van der Waals surface area (Å²) >= 11 is 3.44. The molecule has 0 fully saturated rings. The second-order valence-electron chi connectivity index (χ2n) is 4.13. The van der Waals surface area contributed by atoms with Gasteiger partial charge in [0, 0.05) is 16.7 Å². The van der Waals surface area contributed by atoms with Crippen LogP contribution in [-0.4, -0.2) is 17.3 Å². The number of nitrogens with one attached hydrogen (secondary N) is 1. The molecule has 0 saturated heterocycles. The molecule has 78 valence electrons. The molecular weight excluding hydrogens is 242 g/mol. The van der Waals surface area contributed by atoms with Gasteiger partial charge in [0.2, 0.25) is 0 Å². The molecule has 0 aliphatic heterocycles. The van der Waals surface area contributed by atoms with Gasteiger partial charge in [-0.3, -0.25) is 0 Å². The number of halogens is 1. The maximum atomic E-state index is 9.53. The van der Waals surface area contributed by atoms with Crippen molar-refractivity contribution in [2.45, 2.75) is 26.4 Å². The maximum Gasteiger partial charge on any atom is 0.0763 e. The number of hydrogen-bond acceptors (Lipinski definition) is 2. The van der Waals surface area contributed by atoms with Crippen LogP contribution < -0.4 is 5.32 Å². The summed E-state index contributed by atoms with van der Waals surface area (Å²) < 4.78 is 1.10. The molecule has 0 amide bonds. The van der Waals surface area contributed by atoms with Gasteiger partial charge in [-0.15, -0.1) is 0 Å². The zero-order valence-electron chi connectivity index (χ0n) is 8.76. The Labute approximate surface area is 93.5 Å². The van der Waals surface area contributed by atoms with Gasteiger partial charge in [0.25, 0.3) is 0 Å². The second-order valence-corrected chi connectivity index (χ2v) is 4.98. The van der Waals surface area contributed by atoms with Crippen LogP contribution in [0, 0.1) is 6.92 Å². The van der Waals surface area contributed by atoms with Gasteiger partial charge in [-0.25, -0.2) is 0 Å². The Balaban J connectivity index is 2.65. The maximum absolute atomic E-state index is 9.53. The van der Waals surface area contributed by atoms with Crippen molar-refractivity contribution in [1.29, 1.82) is 0 Å². The summed E-state index contributed by atoms with van der Waals surface area (Å²) in [4.78, 5) is 0. The smallest absolute Gasteiger partial charge is 0.0763 e. The SMILES string of the molecule is Cc1cc(NCC(C)(C)O)ccc1Br. The molecule has 14 heavy (non-hydrogen) atoms. The molecule has 2 nitrogen and oxygen atoms in total. The van der Waals surface area contributed by atoms with Crippen LogP contribution in [0.25, 0.3) is 0 Å². The Morgan fingerprint density at radius 1 is 1.43 bits per heavy atom. The third-order valence-corrected chi connectivity index (χ3v) is 2.77. The van der Waals surface area contributed by atoms with Crippen LogP contribution in [0.3, 0.4) is 0 Å². The normalized spacial score (nSPS) is 11.5. The van der Waals surface area contributed by atoms with Crippen LogP contribution in [0.5, 0.6) is 0 Å². The molecule has 0 heterocycles. The number of aryl methyl sites for hydroxylation is 1. The van der Waals surface area contributed by atoms with Crippen LogP contribution in [-0.2, 0) is 0 Å². The molecule has 0 aliphatic carbocycles. The summed E-state index contributed by atoms with van der Waals surface area (Å²) in [7, 11) is 0. The van der Waals surface area contributed by atoms with Crippen molar-refractivity contribution in [3.63, 3.8) is 0 Å². The van der Waals surface area contributed by atoms with E-state index >= 15 is 0 Å². The quantitative estimate of drug-likeness (QED) is 0.873. The third kappa shape index (κ3) is 3.68. The molecule has 0 saturated carbocycles. The Hall–Kier alpha value is -0.540. The van der Waals surface area contributed by atoms with E-state index in [1.165, 1.54) is 5.56 Å². The lowest BCUT2D eigenvalue weighted by Gasteiger charge is -2.18. The van der Waals surface area contributed by atoms with E-state index < -0.39 is 5.60 Å². The van der Waals surface area contributed by atoms with Gasteiger partial charge < -0.3 is 10.4 Å². The van der Waals surface area contributed by atoms with Gasteiger partial charge in [0.15, 0.2) is 0 Å². The number of aliphatic hydroxyl groups is 1. The minimum Gasteiger partial charge on any atom is -0.389 e. The standard InChI is InChI=1S/C11H16BrNO/c1-8-6-9(4-5-10(8)12)13-7-11(2,3)14/h4-6,13-14H,7H2,1-3H3. The van der Waals surface area contributed by atoms with Crippen molar-refractivity contribution in [1.82, 2.24) is 0 Å². The van der Waals surface area contributed by atoms with Gasteiger partial charge in [-0.2, -0.15) is 0 Å². The predicted molar refractivity (Wildman–Crippen MR) is 63.7 cm³/mol. The average Bonchev–Trinajstić information content (AvgIpc) is 2.06. The molecular formula is C11H16BrNO. The Morgan fingerprint density at radius 2 is 2.07 bits per heavy atom. The summed E-state index contributed by atoms with van der Waals surface area (Å²) in [5.74, 6) is 0. The van der Waals surface area contributed by atoms with E-state index in [0.717, 1.165) is 10.2 Å². The van der Waals surface area contributed by atoms with Crippen LogP contribution in [0.2, 0.25) is 0 Å². The van der Waals surface area contributed by atoms with E-state index in [1.807, 2.05) is 19.1 Å². The second kappa shape index (κ2) is 4.32. The molecule has 1 aromatic rings. The summed E-state index contributed by atoms with van der Waals surface area (Å²) in [5, 5.41) is 12.7. The third-order valence-electron chi connectivity index (χ3n) is 1.88. The first-order valence-electron chi connectivity index (χ1n) is 4.61. The lowest BCUT2D eigenvalue weighted by atomic mass is 10.1. The highest BCUT2D eigenvalue weighted by Gasteiger charge is 2.11. The molecule has 0 aromatic heterocycles. The van der Waals surface area contributed by atoms with Crippen molar-refractivity contribution >= 4 is 21.6 Å². The summed E-state index contributed by atoms with van der Waals surface area (Å²) in [6.45, 7) is 6.16. The molecule has 0 aliphatic rings. The fourth-order valence-corrected chi connectivity index (χ4v) is 1.32. The molecule has 0 spiro atoms. The molecule has 1 rings (SSSR count). The molecule has 2 N–H and O–H groups in total. The number of benzene rings is 1. The van der Waals surface area contributed by atoms with Gasteiger partial charge in [0.05, 0.1) is 5.60 Å². The highest BCUT2D eigenvalue weighted by Crippen LogP contribution is 2.20. The van der Waals surface area contributed by atoms with E-state index in [4.69, 9.17) is 0 Å². The predicted octanol–water partition coefficient (Wildman–Crippen LogP) is 2.94. The topological polar surface area (TPSA) is 32.3 Å². The van der Waals surface area contributed by atoms with Gasteiger partial charge in [-0.05, 0) is 44.5 Å². The molecule has 0 atom stereocenters. The molecule has 1 aromatic carbocycles. The minimum atomic E-state index is -0.680. The molecule has 0 radical (unpaired) electrons. The number of anilines is 1. The van der Waals surface area contributed by atoms with Crippen LogP contribution in [0.1, 0.15) is 19.4 Å². The molecule has 3 heteroatoms. The van der Waals surface area contributed by atoms with Gasteiger partial charge >= 0.3 is 0 Å². The number of rotatable bonds is 3. The first kappa shape index (κ1) is 11.5. The van der Waals surface area contributed by atoms with Crippen molar-refractivity contribution in [2.75, 3.05) is 11.9 Å². The monoisotopic (exact) mass is 257 g/mol. The molecule has 0 unspecified atom stereocenters. The fraction of sp³-hybridized carbons (Fsp3) is 0.455. The Kier molecular flexibility index (Phi) is 3.56. The van der Waals surface area contributed by atoms with Gasteiger partial charge in [0.1, 0.15) is 0 Å². The average molecular weight is 258 g/mol. The van der Waals surface area contributed by atoms with E-state index in [0.29, 0.717) is 6.54 Å². The van der Waals surface area contributed by atoms with E-state index in [9.17, 15) is 5.11 Å². The first-order chi connectivity index (χ1) is 6.38. The molecule has 0 bridgehead atoms. The van der Waals surface area contributed by atoms with Crippen LogP contribution >= 0.6 is 15.9 Å². The highest BCUT2D eigenvalue weighted by molar-refractivity contribution is 9.10. The Bertz CT molecular complexity index is 318. The number of hydrogen-bond donors (Lipinski definition) is 2. The van der Waals surface area contributed by atoms with Crippen molar-refractivity contribution in [2.24, 2.45) is 0 Å². The first-order valence-corrected chi connectivity index (χ1v) is 5.40. The van der Waals surface area contributed by atoms with Crippen molar-refractivity contribution in [3.8, 4) is 0 Å². The summed E-state index contributed by atoms with van der Waals surface area (Å²) in [6, 6.07) is 6.04. The van der Waals surface area contributed by atoms with Crippen molar-refractivity contribution < 1.29 is 5.11 Å². The van der Waals surface area contributed by atoms with E-state index in [-0.39, 0.29) is 0 Å². The largest absolute Gasteiger partial charge is 0.389 e. The highest BCUT2D eigenvalue weighted by atomic mass is 79.9. The van der Waals surface area contributed by atoms with E-state index in [1.54, 1.807) is 13.8 Å². The van der Waals surface area contributed by atoms with E-state index in [2.05, 4.69) is 27.3 Å². The Morgan fingerprint density at radius 3 is 2.57 bits per heavy atom. The minimum absolute atomic E-state index is 0.550. The zero-order chi connectivity index (χ0) is 10.8.